The Kier molecular flexibility index (Phi) is 19.6. The molecule has 28 heavy (non-hydrogen) atoms. The maximum atomic E-state index is 2.29. The van der Waals surface area contributed by atoms with Gasteiger partial charge in [-0.05, 0) is 12.2 Å². The summed E-state index contributed by atoms with van der Waals surface area (Å²) >= 11 is 2.05. The minimum atomic E-state index is 0. The highest BCUT2D eigenvalue weighted by atomic mass is 35.5. The van der Waals surface area contributed by atoms with Crippen molar-refractivity contribution in [3.05, 3.63) is 24.5 Å². The fraction of sp³-hybridized carbons (Fsp3) is 0.792. The van der Waals surface area contributed by atoms with E-state index in [1.165, 1.54) is 101 Å². The fourth-order valence-corrected chi connectivity index (χ4v) is 4.32. The molecule has 164 valence electrons. The first-order chi connectivity index (χ1) is 13.2. The van der Waals surface area contributed by atoms with E-state index in [2.05, 4.69) is 66.8 Å². The number of pyridine rings is 1. The molecule has 0 unspecified atom stereocenters. The molecular weight excluding hydrogens is 384 g/mol. The van der Waals surface area contributed by atoms with E-state index in [0.29, 0.717) is 0 Å². The number of hydrogen-bond donors (Lipinski definition) is 0. The molecule has 0 amide bonds. The third-order valence-corrected chi connectivity index (χ3v) is 6.33. The van der Waals surface area contributed by atoms with Gasteiger partial charge in [-0.2, -0.15) is 4.57 Å². The average Bonchev–Trinajstić information content (AvgIpc) is 2.68. The summed E-state index contributed by atoms with van der Waals surface area (Å²) in [6.07, 6.45) is 24.5. The van der Waals surface area contributed by atoms with Crippen molar-refractivity contribution in [2.24, 2.45) is 0 Å². The Morgan fingerprint density at radius 2 is 1.14 bits per heavy atom. The molecule has 0 saturated carbocycles. The van der Waals surface area contributed by atoms with Crippen LogP contribution in [0.3, 0.4) is 0 Å². The smallest absolute Gasteiger partial charge is 0.194 e. The third-order valence-electron chi connectivity index (χ3n) is 5.27. The molecule has 0 atom stereocenters. The monoisotopic (exact) mass is 428 g/mol. The van der Waals surface area contributed by atoms with Gasteiger partial charge in [-0.15, -0.1) is 0 Å². The third kappa shape index (κ3) is 15.5. The van der Waals surface area contributed by atoms with Crippen molar-refractivity contribution in [2.75, 3.05) is 24.7 Å². The molecule has 0 radical (unpaired) electrons. The highest BCUT2D eigenvalue weighted by Gasteiger charge is 2.02. The van der Waals surface area contributed by atoms with E-state index in [-0.39, 0.29) is 12.4 Å². The first-order valence-electron chi connectivity index (χ1n) is 11.5. The van der Waals surface area contributed by atoms with Crippen LogP contribution >= 0.6 is 11.8 Å². The van der Waals surface area contributed by atoms with Crippen LogP contribution in [0.5, 0.6) is 0 Å². The Balaban J connectivity index is 0.00000729. The summed E-state index contributed by atoms with van der Waals surface area (Å²) in [6, 6.07) is 4.38. The lowest BCUT2D eigenvalue weighted by atomic mass is 10.0. The van der Waals surface area contributed by atoms with Gasteiger partial charge in [-0.1, -0.05) is 102 Å². The number of aromatic nitrogens is 1. The highest BCUT2D eigenvalue weighted by molar-refractivity contribution is 7.98. The van der Waals surface area contributed by atoms with Crippen LogP contribution < -0.4 is 21.9 Å². The standard InChI is InChI=1S/C24H45N2S.ClH/c1-4-5-6-7-8-9-10-11-12-13-14-15-16-17-22-27-23-26-20-18-24(19-21-26)25(2)3;/h18-21H,4-17,22-23H2,1-3H3;1H/q+1;/p-1. The Morgan fingerprint density at radius 1 is 0.714 bits per heavy atom. The lowest BCUT2D eigenvalue weighted by Crippen LogP contribution is -3.00. The molecule has 0 saturated heterocycles. The molecule has 0 fully saturated rings. The van der Waals surface area contributed by atoms with Crippen molar-refractivity contribution in [3.8, 4) is 0 Å². The van der Waals surface area contributed by atoms with Gasteiger partial charge >= 0.3 is 0 Å². The summed E-state index contributed by atoms with van der Waals surface area (Å²) in [5.74, 6) is 2.37. The molecule has 0 aromatic carbocycles. The van der Waals surface area contributed by atoms with Gasteiger partial charge in [-0.3, -0.25) is 0 Å². The van der Waals surface area contributed by atoms with Crippen LogP contribution in [0.4, 0.5) is 5.69 Å². The topological polar surface area (TPSA) is 7.12 Å². The zero-order valence-corrected chi connectivity index (χ0v) is 20.4. The second-order valence-corrected chi connectivity index (χ2v) is 9.17. The number of hydrogen-bond acceptors (Lipinski definition) is 2. The molecule has 2 nitrogen and oxygen atoms in total. The molecular formula is C24H45ClN2S. The number of unbranched alkanes of at least 4 members (excludes halogenated alkanes) is 13. The van der Waals surface area contributed by atoms with Crippen molar-refractivity contribution in [1.82, 2.24) is 0 Å². The van der Waals surface area contributed by atoms with Crippen LogP contribution in [0.2, 0.25) is 0 Å². The van der Waals surface area contributed by atoms with Crippen LogP contribution in [0.25, 0.3) is 0 Å². The van der Waals surface area contributed by atoms with Gasteiger partial charge in [0.05, 0.1) is 0 Å². The quantitative estimate of drug-likeness (QED) is 0.255. The maximum Gasteiger partial charge on any atom is 0.194 e. The van der Waals surface area contributed by atoms with E-state index in [9.17, 15) is 0 Å². The van der Waals surface area contributed by atoms with Gasteiger partial charge < -0.3 is 17.3 Å². The molecule has 0 aliphatic carbocycles. The van der Waals surface area contributed by atoms with Crippen molar-refractivity contribution in [1.29, 1.82) is 0 Å². The molecule has 4 heteroatoms. The summed E-state index contributed by atoms with van der Waals surface area (Å²) in [6.45, 7) is 2.29. The van der Waals surface area contributed by atoms with Gasteiger partial charge in [-0.25, -0.2) is 0 Å². The van der Waals surface area contributed by atoms with Crippen LogP contribution in [0.1, 0.15) is 96.8 Å². The Bertz CT molecular complexity index is 437. The zero-order valence-electron chi connectivity index (χ0n) is 18.8. The number of anilines is 1. The molecule has 0 aliphatic heterocycles. The Hall–Kier alpha value is -0.410. The molecule has 0 bridgehead atoms. The summed E-state index contributed by atoms with van der Waals surface area (Å²) in [7, 11) is 4.17. The predicted octanol–water partition coefficient (Wildman–Crippen LogP) is 4.22. The molecule has 1 aromatic rings. The molecule has 0 N–H and O–H groups in total. The van der Waals surface area contributed by atoms with E-state index >= 15 is 0 Å². The van der Waals surface area contributed by atoms with Crippen LogP contribution in [-0.2, 0) is 5.88 Å². The lowest BCUT2D eigenvalue weighted by Gasteiger charge is -2.10. The summed E-state index contributed by atoms with van der Waals surface area (Å²) in [4.78, 5) is 2.14. The molecule has 0 spiro atoms. The summed E-state index contributed by atoms with van der Waals surface area (Å²) < 4.78 is 2.28. The number of thioether (sulfide) groups is 1. The summed E-state index contributed by atoms with van der Waals surface area (Å²) in [5.41, 5.74) is 1.27. The van der Waals surface area contributed by atoms with Crippen LogP contribution in [0, 0.1) is 0 Å². The van der Waals surface area contributed by atoms with Crippen molar-refractivity contribution >= 4 is 17.4 Å². The fourth-order valence-electron chi connectivity index (χ4n) is 3.40. The average molecular weight is 429 g/mol. The van der Waals surface area contributed by atoms with Crippen molar-refractivity contribution in [3.63, 3.8) is 0 Å². The van der Waals surface area contributed by atoms with E-state index in [1.807, 2.05) is 0 Å². The minimum Gasteiger partial charge on any atom is -1.00 e. The normalized spacial score (nSPS) is 10.7. The predicted molar refractivity (Wildman–Crippen MR) is 124 cm³/mol. The molecule has 1 aromatic heterocycles. The van der Waals surface area contributed by atoms with Crippen molar-refractivity contribution < 1.29 is 17.0 Å². The van der Waals surface area contributed by atoms with E-state index in [1.54, 1.807) is 0 Å². The minimum absolute atomic E-state index is 0. The van der Waals surface area contributed by atoms with Gasteiger partial charge in [0.25, 0.3) is 0 Å². The second-order valence-electron chi connectivity index (χ2n) is 8.10. The lowest BCUT2D eigenvalue weighted by molar-refractivity contribution is -0.675. The van der Waals surface area contributed by atoms with Gasteiger partial charge in [0.15, 0.2) is 18.3 Å². The number of rotatable bonds is 18. The molecule has 1 rings (SSSR count). The second kappa shape index (κ2) is 19.9. The van der Waals surface area contributed by atoms with Crippen LogP contribution in [-0.4, -0.2) is 19.8 Å². The van der Waals surface area contributed by atoms with Gasteiger partial charge in [0.2, 0.25) is 0 Å². The van der Waals surface area contributed by atoms with Crippen LogP contribution in [0.15, 0.2) is 24.5 Å². The van der Waals surface area contributed by atoms with E-state index < -0.39 is 0 Å². The molecule has 1 heterocycles. The first kappa shape index (κ1) is 27.6. The van der Waals surface area contributed by atoms with Gasteiger partial charge in [0.1, 0.15) is 0 Å². The maximum absolute atomic E-state index is 2.29. The largest absolute Gasteiger partial charge is 1.00 e. The zero-order chi connectivity index (χ0) is 19.6. The Labute approximate surface area is 186 Å². The number of halogens is 1. The first-order valence-corrected chi connectivity index (χ1v) is 12.6. The van der Waals surface area contributed by atoms with Crippen molar-refractivity contribution in [2.45, 2.75) is 103 Å². The number of nitrogens with zero attached hydrogens (tertiary/aromatic N) is 2. The van der Waals surface area contributed by atoms with E-state index in [0.717, 1.165) is 5.88 Å². The molecule has 0 aliphatic rings. The summed E-state index contributed by atoms with van der Waals surface area (Å²) in [5, 5.41) is 0. The Morgan fingerprint density at radius 3 is 1.57 bits per heavy atom. The SMILES string of the molecule is CCCCCCCCCCCCCCCCSC[n+]1ccc(N(C)C)cc1.[Cl-]. The van der Waals surface area contributed by atoms with E-state index in [4.69, 9.17) is 0 Å². The highest BCUT2D eigenvalue weighted by Crippen LogP contribution is 2.14. The van der Waals surface area contributed by atoms with Gasteiger partial charge in [0, 0.05) is 31.9 Å².